The number of carbonyl (C=O) groups excluding carboxylic acids is 1. The van der Waals surface area contributed by atoms with Crippen molar-refractivity contribution in [2.75, 3.05) is 11.9 Å². The lowest BCUT2D eigenvalue weighted by molar-refractivity contribution is 0.0947. The fraction of sp³-hybridized carbons (Fsp3) is 0.312. The molecule has 1 aromatic heterocycles. The summed E-state index contributed by atoms with van der Waals surface area (Å²) in [6.45, 7) is 2.73. The lowest BCUT2D eigenvalue weighted by atomic mass is 10.2. The molecule has 2 rings (SSSR count). The van der Waals surface area contributed by atoms with Crippen molar-refractivity contribution in [1.29, 1.82) is 0 Å². The van der Waals surface area contributed by atoms with Crippen LogP contribution in [0.1, 0.15) is 36.7 Å². The zero-order valence-corrected chi connectivity index (χ0v) is 12.5. The first-order chi connectivity index (χ1) is 10.7. The molecule has 22 heavy (non-hydrogen) atoms. The predicted molar refractivity (Wildman–Crippen MR) is 83.6 cm³/mol. The van der Waals surface area contributed by atoms with Crippen LogP contribution in [0.2, 0.25) is 0 Å². The second kappa shape index (κ2) is 8.07. The van der Waals surface area contributed by atoms with Crippen LogP contribution in [0.5, 0.6) is 0 Å². The van der Waals surface area contributed by atoms with E-state index >= 15 is 0 Å². The first-order valence-electron chi connectivity index (χ1n) is 7.32. The van der Waals surface area contributed by atoms with Crippen molar-refractivity contribution < 1.29 is 9.18 Å². The predicted octanol–water partition coefficient (Wildman–Crippen LogP) is 3.28. The number of halogens is 1. The topological polar surface area (TPSA) is 66.9 Å². The third-order valence-electron chi connectivity index (χ3n) is 3.09. The molecule has 0 unspecified atom stereocenters. The number of anilines is 2. The van der Waals surface area contributed by atoms with Gasteiger partial charge in [-0.15, -0.1) is 0 Å². The molecular formula is C16H19FN4O. The molecule has 1 aromatic carbocycles. The number of nitrogens with one attached hydrogen (secondary N) is 2. The number of amides is 1. The fourth-order valence-corrected chi connectivity index (χ4v) is 1.88. The van der Waals surface area contributed by atoms with Crippen molar-refractivity contribution in [3.05, 3.63) is 48.2 Å². The highest BCUT2D eigenvalue weighted by molar-refractivity contribution is 5.92. The third-order valence-corrected chi connectivity index (χ3v) is 3.09. The molecule has 116 valence electrons. The van der Waals surface area contributed by atoms with Crippen LogP contribution in [0, 0.1) is 5.82 Å². The summed E-state index contributed by atoms with van der Waals surface area (Å²) in [4.78, 5) is 20.0. The highest BCUT2D eigenvalue weighted by atomic mass is 19.1. The van der Waals surface area contributed by atoms with Gasteiger partial charge in [0, 0.05) is 6.54 Å². The number of hydrogen-bond donors (Lipinski definition) is 2. The van der Waals surface area contributed by atoms with Crippen LogP contribution in [0.15, 0.2) is 36.7 Å². The fourth-order valence-electron chi connectivity index (χ4n) is 1.88. The van der Waals surface area contributed by atoms with Gasteiger partial charge < -0.3 is 10.6 Å². The van der Waals surface area contributed by atoms with Gasteiger partial charge in [0.25, 0.3) is 5.91 Å². The van der Waals surface area contributed by atoms with Crippen LogP contribution < -0.4 is 10.6 Å². The van der Waals surface area contributed by atoms with Crippen molar-refractivity contribution in [2.24, 2.45) is 0 Å². The molecule has 1 heterocycles. The first kappa shape index (κ1) is 15.9. The van der Waals surface area contributed by atoms with E-state index in [2.05, 4.69) is 27.5 Å². The highest BCUT2D eigenvalue weighted by Crippen LogP contribution is 2.17. The summed E-state index contributed by atoms with van der Waals surface area (Å²) in [5, 5.41) is 5.61. The van der Waals surface area contributed by atoms with Gasteiger partial charge in [0.15, 0.2) is 0 Å². The number of rotatable bonds is 7. The van der Waals surface area contributed by atoms with Gasteiger partial charge in [0.2, 0.25) is 0 Å². The van der Waals surface area contributed by atoms with Crippen LogP contribution in [-0.2, 0) is 0 Å². The number of carbonyl (C=O) groups is 1. The molecule has 0 aliphatic heterocycles. The van der Waals surface area contributed by atoms with E-state index in [0.29, 0.717) is 18.1 Å². The molecule has 1 amide bonds. The van der Waals surface area contributed by atoms with Crippen molar-refractivity contribution in [3.8, 4) is 0 Å². The van der Waals surface area contributed by atoms with Crippen LogP contribution in [-0.4, -0.2) is 22.4 Å². The van der Waals surface area contributed by atoms with Gasteiger partial charge in [-0.25, -0.2) is 14.4 Å². The summed E-state index contributed by atoms with van der Waals surface area (Å²) >= 11 is 0. The maximum absolute atomic E-state index is 13.5. The van der Waals surface area contributed by atoms with Gasteiger partial charge in [-0.3, -0.25) is 4.79 Å². The van der Waals surface area contributed by atoms with Crippen molar-refractivity contribution in [2.45, 2.75) is 26.2 Å². The summed E-state index contributed by atoms with van der Waals surface area (Å²) in [6, 6.07) is 6.29. The van der Waals surface area contributed by atoms with E-state index in [9.17, 15) is 9.18 Å². The van der Waals surface area contributed by atoms with Gasteiger partial charge in [-0.05, 0) is 18.6 Å². The van der Waals surface area contributed by atoms with Gasteiger partial charge >= 0.3 is 0 Å². The molecule has 0 spiro atoms. The second-order valence-corrected chi connectivity index (χ2v) is 4.85. The number of hydrogen-bond acceptors (Lipinski definition) is 4. The maximum atomic E-state index is 13.5. The van der Waals surface area contributed by atoms with E-state index in [0.717, 1.165) is 19.3 Å². The Morgan fingerprint density at radius 1 is 1.18 bits per heavy atom. The summed E-state index contributed by atoms with van der Waals surface area (Å²) < 4.78 is 13.5. The Morgan fingerprint density at radius 2 is 2.00 bits per heavy atom. The highest BCUT2D eigenvalue weighted by Gasteiger charge is 2.08. The molecule has 0 saturated carbocycles. The monoisotopic (exact) mass is 302 g/mol. The largest absolute Gasteiger partial charge is 0.351 e. The average molecular weight is 302 g/mol. The molecule has 5 nitrogen and oxygen atoms in total. The van der Waals surface area contributed by atoms with E-state index in [4.69, 9.17) is 0 Å². The van der Waals surface area contributed by atoms with E-state index in [1.54, 1.807) is 18.2 Å². The Hall–Kier alpha value is -2.50. The van der Waals surface area contributed by atoms with Crippen molar-refractivity contribution in [1.82, 2.24) is 15.3 Å². The molecule has 0 bridgehead atoms. The lowest BCUT2D eigenvalue weighted by Crippen LogP contribution is -2.25. The molecular weight excluding hydrogens is 283 g/mol. The second-order valence-electron chi connectivity index (χ2n) is 4.85. The zero-order chi connectivity index (χ0) is 15.8. The number of para-hydroxylation sites is 1. The summed E-state index contributed by atoms with van der Waals surface area (Å²) in [5.41, 5.74) is 0.559. The molecule has 0 atom stereocenters. The third kappa shape index (κ3) is 4.51. The minimum absolute atomic E-state index is 0.246. The van der Waals surface area contributed by atoms with E-state index < -0.39 is 0 Å². The minimum atomic E-state index is -0.373. The van der Waals surface area contributed by atoms with Gasteiger partial charge in [-0.1, -0.05) is 31.9 Å². The summed E-state index contributed by atoms with van der Waals surface area (Å²) in [7, 11) is 0. The number of aromatic nitrogens is 2. The summed E-state index contributed by atoms with van der Waals surface area (Å²) in [5.74, 6) is -0.240. The Balaban J connectivity index is 1.92. The van der Waals surface area contributed by atoms with Gasteiger partial charge in [0.1, 0.15) is 17.3 Å². The van der Waals surface area contributed by atoms with Gasteiger partial charge in [0.05, 0.1) is 18.1 Å². The van der Waals surface area contributed by atoms with Crippen molar-refractivity contribution >= 4 is 17.4 Å². The Labute approximate surface area is 129 Å². The summed E-state index contributed by atoms with van der Waals surface area (Å²) in [6.07, 6.45) is 5.91. The SMILES string of the molecule is CCCCCNC(=O)c1cnc(Nc2ccccc2F)cn1. The van der Waals surface area contributed by atoms with Gasteiger partial charge in [-0.2, -0.15) is 0 Å². The Bertz CT molecular complexity index is 616. The standard InChI is InChI=1S/C16H19FN4O/c1-2-3-6-9-18-16(22)14-10-20-15(11-19-14)21-13-8-5-4-7-12(13)17/h4-5,7-8,10-11H,2-3,6,9H2,1H3,(H,18,22)(H,20,21). The average Bonchev–Trinajstić information content (AvgIpc) is 2.54. The normalized spacial score (nSPS) is 10.3. The number of benzene rings is 1. The number of unbranched alkanes of at least 4 members (excludes halogenated alkanes) is 2. The maximum Gasteiger partial charge on any atom is 0.271 e. The zero-order valence-electron chi connectivity index (χ0n) is 12.5. The molecule has 2 N–H and O–H groups in total. The van der Waals surface area contributed by atoms with Crippen LogP contribution in [0.3, 0.4) is 0 Å². The molecule has 0 saturated heterocycles. The molecule has 6 heteroatoms. The Morgan fingerprint density at radius 3 is 2.68 bits per heavy atom. The van der Waals surface area contributed by atoms with Crippen molar-refractivity contribution in [3.63, 3.8) is 0 Å². The molecule has 0 fully saturated rings. The van der Waals surface area contributed by atoms with Crippen LogP contribution in [0.25, 0.3) is 0 Å². The van der Waals surface area contributed by atoms with E-state index in [1.165, 1.54) is 18.5 Å². The lowest BCUT2D eigenvalue weighted by Gasteiger charge is -2.07. The molecule has 0 aliphatic carbocycles. The smallest absolute Gasteiger partial charge is 0.271 e. The minimum Gasteiger partial charge on any atom is -0.351 e. The molecule has 2 aromatic rings. The number of nitrogens with zero attached hydrogens (tertiary/aromatic N) is 2. The Kier molecular flexibility index (Phi) is 5.82. The first-order valence-corrected chi connectivity index (χ1v) is 7.32. The molecule has 0 aliphatic rings. The van der Waals surface area contributed by atoms with Crippen LogP contribution >= 0.6 is 0 Å². The van der Waals surface area contributed by atoms with Crippen LogP contribution in [0.4, 0.5) is 15.9 Å². The molecule has 0 radical (unpaired) electrons. The van der Waals surface area contributed by atoms with E-state index in [1.807, 2.05) is 0 Å². The van der Waals surface area contributed by atoms with E-state index in [-0.39, 0.29) is 17.4 Å². The quantitative estimate of drug-likeness (QED) is 0.770.